The van der Waals surface area contributed by atoms with Gasteiger partial charge in [-0.3, -0.25) is 0 Å². The van der Waals surface area contributed by atoms with Crippen LogP contribution < -0.4 is 10.6 Å². The zero-order valence-electron chi connectivity index (χ0n) is 10.2. The fourth-order valence-electron chi connectivity index (χ4n) is 1.68. The van der Waals surface area contributed by atoms with E-state index in [4.69, 9.17) is 10.2 Å². The summed E-state index contributed by atoms with van der Waals surface area (Å²) in [6.45, 7) is 3.10. The Labute approximate surface area is 101 Å². The van der Waals surface area contributed by atoms with Crippen LogP contribution in [0.3, 0.4) is 0 Å². The lowest BCUT2D eigenvalue weighted by atomic mass is 10.3. The molecule has 2 aromatic rings. The summed E-state index contributed by atoms with van der Waals surface area (Å²) >= 11 is 0. The SMILES string of the molecule is Cc1ccc(CN(C)c2cccc(CN)n2)o1. The van der Waals surface area contributed by atoms with Crippen LogP contribution in [0.4, 0.5) is 5.82 Å². The minimum Gasteiger partial charge on any atom is -0.464 e. The van der Waals surface area contributed by atoms with Crippen molar-refractivity contribution in [3.8, 4) is 0 Å². The molecule has 0 aliphatic carbocycles. The van der Waals surface area contributed by atoms with Crippen LogP contribution in [-0.4, -0.2) is 12.0 Å². The second-order valence-corrected chi connectivity index (χ2v) is 4.06. The third kappa shape index (κ3) is 2.85. The first-order valence-electron chi connectivity index (χ1n) is 5.61. The Kier molecular flexibility index (Phi) is 3.44. The highest BCUT2D eigenvalue weighted by Gasteiger charge is 2.06. The second kappa shape index (κ2) is 5.01. The highest BCUT2D eigenvalue weighted by atomic mass is 16.3. The van der Waals surface area contributed by atoms with Crippen molar-refractivity contribution in [2.45, 2.75) is 20.0 Å². The second-order valence-electron chi connectivity index (χ2n) is 4.06. The standard InChI is InChI=1S/C13H17N3O/c1-10-6-7-12(17-10)9-16(2)13-5-3-4-11(8-14)15-13/h3-7H,8-9,14H2,1-2H3. The van der Waals surface area contributed by atoms with Gasteiger partial charge < -0.3 is 15.1 Å². The molecule has 0 radical (unpaired) electrons. The molecule has 0 atom stereocenters. The Hall–Kier alpha value is -1.81. The molecule has 0 saturated heterocycles. The fourth-order valence-corrected chi connectivity index (χ4v) is 1.68. The molecular formula is C13H17N3O. The first kappa shape index (κ1) is 11.7. The molecule has 0 spiro atoms. The molecule has 4 nitrogen and oxygen atoms in total. The zero-order valence-corrected chi connectivity index (χ0v) is 10.2. The summed E-state index contributed by atoms with van der Waals surface area (Å²) in [6, 6.07) is 9.81. The summed E-state index contributed by atoms with van der Waals surface area (Å²) in [4.78, 5) is 6.49. The molecule has 0 amide bonds. The summed E-state index contributed by atoms with van der Waals surface area (Å²) in [5.74, 6) is 2.77. The van der Waals surface area contributed by atoms with Crippen molar-refractivity contribution in [3.63, 3.8) is 0 Å². The maximum absolute atomic E-state index is 5.58. The van der Waals surface area contributed by atoms with Crippen molar-refractivity contribution in [3.05, 3.63) is 47.5 Å². The number of rotatable bonds is 4. The number of nitrogens with two attached hydrogens (primary N) is 1. The van der Waals surface area contributed by atoms with Crippen LogP contribution in [0, 0.1) is 6.92 Å². The average molecular weight is 231 g/mol. The lowest BCUT2D eigenvalue weighted by Crippen LogP contribution is -2.18. The molecule has 0 unspecified atom stereocenters. The van der Waals surface area contributed by atoms with Crippen LogP contribution in [-0.2, 0) is 13.1 Å². The number of hydrogen-bond acceptors (Lipinski definition) is 4. The Balaban J connectivity index is 2.11. The summed E-state index contributed by atoms with van der Waals surface area (Å²) in [7, 11) is 1.99. The third-order valence-electron chi connectivity index (χ3n) is 2.58. The molecule has 2 rings (SSSR count). The minimum atomic E-state index is 0.460. The van der Waals surface area contributed by atoms with Gasteiger partial charge in [0, 0.05) is 13.6 Å². The van der Waals surface area contributed by atoms with E-state index >= 15 is 0 Å². The van der Waals surface area contributed by atoms with E-state index in [2.05, 4.69) is 4.98 Å². The van der Waals surface area contributed by atoms with Gasteiger partial charge in [0.25, 0.3) is 0 Å². The van der Waals surface area contributed by atoms with E-state index < -0.39 is 0 Å². The van der Waals surface area contributed by atoms with Gasteiger partial charge in [-0.2, -0.15) is 0 Å². The first-order chi connectivity index (χ1) is 8.19. The zero-order chi connectivity index (χ0) is 12.3. The molecule has 0 aliphatic heterocycles. The molecule has 0 bridgehead atoms. The van der Waals surface area contributed by atoms with E-state index in [-0.39, 0.29) is 0 Å². The molecule has 2 heterocycles. The highest BCUT2D eigenvalue weighted by Crippen LogP contribution is 2.14. The van der Waals surface area contributed by atoms with Crippen molar-refractivity contribution in [2.75, 3.05) is 11.9 Å². The average Bonchev–Trinajstić information content (AvgIpc) is 2.75. The smallest absolute Gasteiger partial charge is 0.129 e. The monoisotopic (exact) mass is 231 g/mol. The number of hydrogen-bond donors (Lipinski definition) is 1. The number of aromatic nitrogens is 1. The Bertz CT molecular complexity index is 493. The van der Waals surface area contributed by atoms with Gasteiger partial charge in [-0.15, -0.1) is 0 Å². The highest BCUT2D eigenvalue weighted by molar-refractivity contribution is 5.38. The number of pyridine rings is 1. The van der Waals surface area contributed by atoms with Crippen molar-refractivity contribution < 1.29 is 4.42 Å². The van der Waals surface area contributed by atoms with Crippen LogP contribution in [0.15, 0.2) is 34.7 Å². The van der Waals surface area contributed by atoms with E-state index in [1.54, 1.807) is 0 Å². The molecular weight excluding hydrogens is 214 g/mol. The van der Waals surface area contributed by atoms with Crippen molar-refractivity contribution in [2.24, 2.45) is 5.73 Å². The van der Waals surface area contributed by atoms with Gasteiger partial charge in [-0.1, -0.05) is 6.07 Å². The van der Waals surface area contributed by atoms with Gasteiger partial charge in [0.05, 0.1) is 12.2 Å². The normalized spacial score (nSPS) is 10.5. The Morgan fingerprint density at radius 1 is 1.29 bits per heavy atom. The van der Waals surface area contributed by atoms with Crippen LogP contribution in [0.25, 0.3) is 0 Å². The van der Waals surface area contributed by atoms with Gasteiger partial charge in [0.2, 0.25) is 0 Å². The van der Waals surface area contributed by atoms with Gasteiger partial charge in [0.15, 0.2) is 0 Å². The summed E-state index contributed by atoms with van der Waals surface area (Å²) in [5.41, 5.74) is 6.47. The van der Waals surface area contributed by atoms with Crippen molar-refractivity contribution >= 4 is 5.82 Å². The molecule has 0 fully saturated rings. The molecule has 0 aliphatic rings. The summed E-state index contributed by atoms with van der Waals surface area (Å²) < 4.78 is 5.54. The third-order valence-corrected chi connectivity index (χ3v) is 2.58. The topological polar surface area (TPSA) is 55.3 Å². The van der Waals surface area contributed by atoms with Crippen molar-refractivity contribution in [1.29, 1.82) is 0 Å². The number of furan rings is 1. The Morgan fingerprint density at radius 3 is 2.76 bits per heavy atom. The van der Waals surface area contributed by atoms with Crippen LogP contribution in [0.2, 0.25) is 0 Å². The van der Waals surface area contributed by atoms with Crippen LogP contribution in [0.5, 0.6) is 0 Å². The molecule has 0 saturated carbocycles. The van der Waals surface area contributed by atoms with Crippen molar-refractivity contribution in [1.82, 2.24) is 4.98 Å². The largest absolute Gasteiger partial charge is 0.464 e. The molecule has 4 heteroatoms. The molecule has 2 N–H and O–H groups in total. The van der Waals surface area contributed by atoms with E-state index in [9.17, 15) is 0 Å². The fraction of sp³-hybridized carbons (Fsp3) is 0.308. The van der Waals surface area contributed by atoms with E-state index in [1.165, 1.54) is 0 Å². The number of anilines is 1. The van der Waals surface area contributed by atoms with Gasteiger partial charge in [0.1, 0.15) is 17.3 Å². The number of nitrogens with zero attached hydrogens (tertiary/aromatic N) is 2. The number of aryl methyl sites for hydroxylation is 1. The van der Waals surface area contributed by atoms with Gasteiger partial charge >= 0.3 is 0 Å². The molecule has 17 heavy (non-hydrogen) atoms. The molecule has 2 aromatic heterocycles. The quantitative estimate of drug-likeness (QED) is 0.875. The first-order valence-corrected chi connectivity index (χ1v) is 5.61. The van der Waals surface area contributed by atoms with Gasteiger partial charge in [-0.05, 0) is 31.2 Å². The summed E-state index contributed by atoms with van der Waals surface area (Å²) in [5, 5.41) is 0. The van der Waals surface area contributed by atoms with Gasteiger partial charge in [-0.25, -0.2) is 4.98 Å². The lowest BCUT2D eigenvalue weighted by molar-refractivity contribution is 0.481. The van der Waals surface area contributed by atoms with E-state index in [0.717, 1.165) is 23.0 Å². The predicted octanol–water partition coefficient (Wildman–Crippen LogP) is 2.08. The maximum Gasteiger partial charge on any atom is 0.129 e. The Morgan fingerprint density at radius 2 is 2.12 bits per heavy atom. The summed E-state index contributed by atoms with van der Waals surface area (Å²) in [6.07, 6.45) is 0. The van der Waals surface area contributed by atoms with E-state index in [1.807, 2.05) is 49.2 Å². The molecule has 0 aromatic carbocycles. The van der Waals surface area contributed by atoms with Crippen LogP contribution in [0.1, 0.15) is 17.2 Å². The molecule has 90 valence electrons. The van der Waals surface area contributed by atoms with E-state index in [0.29, 0.717) is 13.1 Å². The predicted molar refractivity (Wildman–Crippen MR) is 67.7 cm³/mol. The lowest BCUT2D eigenvalue weighted by Gasteiger charge is -2.17. The van der Waals surface area contributed by atoms with Crippen LogP contribution >= 0.6 is 0 Å². The minimum absolute atomic E-state index is 0.460. The maximum atomic E-state index is 5.58.